The largest absolute Gasteiger partial charge is 0.496 e. The Balaban J connectivity index is 1.46. The number of furan rings is 1. The summed E-state index contributed by atoms with van der Waals surface area (Å²) in [5.41, 5.74) is 2.73. The number of methoxy groups -OCH3 is 1. The Morgan fingerprint density at radius 1 is 1.13 bits per heavy atom. The Morgan fingerprint density at radius 3 is 2.77 bits per heavy atom. The molecule has 0 atom stereocenters. The molecule has 1 N–H and O–H groups in total. The molecule has 7 nitrogen and oxygen atoms in total. The molecule has 8 heteroatoms. The molecule has 2 aromatic carbocycles. The van der Waals surface area contributed by atoms with Gasteiger partial charge in [-0.2, -0.15) is 9.78 Å². The van der Waals surface area contributed by atoms with Gasteiger partial charge in [-0.3, -0.25) is 4.79 Å². The van der Waals surface area contributed by atoms with Crippen LogP contribution in [0.15, 0.2) is 70.5 Å². The van der Waals surface area contributed by atoms with Crippen LogP contribution in [0.5, 0.6) is 5.75 Å². The van der Waals surface area contributed by atoms with E-state index in [1.807, 2.05) is 48.7 Å². The third-order valence-corrected chi connectivity index (χ3v) is 5.59. The first-order valence-electron chi connectivity index (χ1n) is 9.58. The first-order valence-corrected chi connectivity index (χ1v) is 10.5. The zero-order chi connectivity index (χ0) is 21.4. The fourth-order valence-corrected chi connectivity index (χ4v) is 4.11. The van der Waals surface area contributed by atoms with Crippen LogP contribution >= 0.6 is 11.3 Å². The first-order chi connectivity index (χ1) is 15.1. The molecule has 3 heterocycles. The number of amides is 1. The summed E-state index contributed by atoms with van der Waals surface area (Å²) in [5.74, 6) is 1.43. The number of rotatable bonds is 5. The zero-order valence-electron chi connectivity index (χ0n) is 16.8. The van der Waals surface area contributed by atoms with E-state index in [0.29, 0.717) is 33.7 Å². The lowest BCUT2D eigenvalue weighted by molar-refractivity contribution is 0.102. The molecule has 0 fully saturated rings. The fraction of sp³-hybridized carbons (Fsp3) is 0.0870. The highest BCUT2D eigenvalue weighted by Crippen LogP contribution is 2.31. The summed E-state index contributed by atoms with van der Waals surface area (Å²) in [6, 6.07) is 18.7. The third kappa shape index (κ3) is 3.57. The van der Waals surface area contributed by atoms with Gasteiger partial charge in [0.05, 0.1) is 18.4 Å². The van der Waals surface area contributed by atoms with Gasteiger partial charge in [0.1, 0.15) is 22.8 Å². The van der Waals surface area contributed by atoms with Crippen LogP contribution in [0.25, 0.3) is 27.6 Å². The topological polar surface area (TPSA) is 82.2 Å². The predicted molar refractivity (Wildman–Crippen MR) is 120 cm³/mol. The van der Waals surface area contributed by atoms with Crippen molar-refractivity contribution in [3.63, 3.8) is 0 Å². The molecule has 0 aliphatic heterocycles. The number of aromatic nitrogens is 3. The number of ether oxygens (including phenoxy) is 1. The second-order valence-electron chi connectivity index (χ2n) is 6.90. The number of anilines is 1. The maximum atomic E-state index is 12.8. The SMILES string of the molecule is COc1ccccc1C(=O)Nc1cc(C)nn1-c1nc(-c2cc3ccccc3o2)cs1. The maximum Gasteiger partial charge on any atom is 0.260 e. The van der Waals surface area contributed by atoms with Crippen LogP contribution in [0.1, 0.15) is 16.1 Å². The number of hydrogen-bond acceptors (Lipinski definition) is 6. The number of thiazole rings is 1. The summed E-state index contributed by atoms with van der Waals surface area (Å²) in [5, 5.41) is 11.0. The van der Waals surface area contributed by atoms with Gasteiger partial charge >= 0.3 is 0 Å². The van der Waals surface area contributed by atoms with Crippen molar-refractivity contribution in [2.24, 2.45) is 0 Å². The Hall–Kier alpha value is -3.91. The normalized spacial score (nSPS) is 11.0. The molecule has 0 aliphatic rings. The number of nitrogens with one attached hydrogen (secondary N) is 1. The molecule has 154 valence electrons. The Labute approximate surface area is 181 Å². The minimum Gasteiger partial charge on any atom is -0.496 e. The number of benzene rings is 2. The van der Waals surface area contributed by atoms with Gasteiger partial charge in [0.2, 0.25) is 5.13 Å². The van der Waals surface area contributed by atoms with E-state index in [1.165, 1.54) is 18.4 Å². The van der Waals surface area contributed by atoms with Crippen molar-refractivity contribution >= 4 is 34.0 Å². The molecule has 0 aliphatic carbocycles. The van der Waals surface area contributed by atoms with Crippen molar-refractivity contribution in [3.8, 4) is 22.3 Å². The molecule has 0 spiro atoms. The smallest absolute Gasteiger partial charge is 0.260 e. The number of carbonyl (C=O) groups excluding carboxylic acids is 1. The van der Waals surface area contributed by atoms with E-state index < -0.39 is 0 Å². The van der Waals surface area contributed by atoms with Gasteiger partial charge in [-0.15, -0.1) is 11.3 Å². The second-order valence-corrected chi connectivity index (χ2v) is 7.74. The molecular weight excluding hydrogens is 412 g/mol. The van der Waals surface area contributed by atoms with E-state index in [1.54, 1.807) is 28.9 Å². The van der Waals surface area contributed by atoms with E-state index in [2.05, 4.69) is 15.4 Å². The van der Waals surface area contributed by atoms with Gasteiger partial charge in [0, 0.05) is 16.8 Å². The Kier molecular flexibility index (Phi) is 4.76. The highest BCUT2D eigenvalue weighted by molar-refractivity contribution is 7.12. The summed E-state index contributed by atoms with van der Waals surface area (Å²) < 4.78 is 12.8. The van der Waals surface area contributed by atoms with Crippen LogP contribution in [-0.2, 0) is 0 Å². The summed E-state index contributed by atoms with van der Waals surface area (Å²) >= 11 is 1.42. The van der Waals surface area contributed by atoms with Crippen molar-refractivity contribution in [2.75, 3.05) is 12.4 Å². The summed E-state index contributed by atoms with van der Waals surface area (Å²) in [6.07, 6.45) is 0. The van der Waals surface area contributed by atoms with Crippen molar-refractivity contribution in [2.45, 2.75) is 6.92 Å². The van der Waals surface area contributed by atoms with Crippen molar-refractivity contribution < 1.29 is 13.9 Å². The highest BCUT2D eigenvalue weighted by Gasteiger charge is 2.18. The quantitative estimate of drug-likeness (QED) is 0.409. The minimum absolute atomic E-state index is 0.285. The van der Waals surface area contributed by atoms with Gasteiger partial charge in [-0.05, 0) is 31.2 Å². The number of aryl methyl sites for hydroxylation is 1. The third-order valence-electron chi connectivity index (χ3n) is 4.78. The van der Waals surface area contributed by atoms with E-state index in [9.17, 15) is 4.79 Å². The van der Waals surface area contributed by atoms with Gasteiger partial charge in [-0.25, -0.2) is 4.98 Å². The number of fused-ring (bicyclic) bond motifs is 1. The molecule has 5 rings (SSSR count). The lowest BCUT2D eigenvalue weighted by atomic mass is 10.2. The number of para-hydroxylation sites is 2. The molecule has 0 unspecified atom stereocenters. The second kappa shape index (κ2) is 7.73. The molecule has 0 bridgehead atoms. The van der Waals surface area contributed by atoms with E-state index >= 15 is 0 Å². The molecule has 3 aromatic heterocycles. The Bertz CT molecular complexity index is 1370. The Morgan fingerprint density at radius 2 is 1.94 bits per heavy atom. The van der Waals surface area contributed by atoms with Crippen LogP contribution in [0.3, 0.4) is 0 Å². The predicted octanol–water partition coefficient (Wildman–Crippen LogP) is 5.31. The van der Waals surface area contributed by atoms with E-state index in [0.717, 1.165) is 16.7 Å². The molecular formula is C23H18N4O3S. The van der Waals surface area contributed by atoms with Crippen LogP contribution in [0.4, 0.5) is 5.82 Å². The standard InChI is InChI=1S/C23H18N4O3S/c1-14-11-21(25-22(28)16-8-4-6-10-19(16)29-2)27(26-14)23-24-17(13-31-23)20-12-15-7-3-5-9-18(15)30-20/h3-13H,1-2H3,(H,25,28). The van der Waals surface area contributed by atoms with Crippen LogP contribution < -0.4 is 10.1 Å². The molecule has 1 amide bonds. The van der Waals surface area contributed by atoms with Crippen LogP contribution in [-0.4, -0.2) is 27.8 Å². The van der Waals surface area contributed by atoms with E-state index in [-0.39, 0.29) is 5.91 Å². The van der Waals surface area contributed by atoms with Crippen LogP contribution in [0, 0.1) is 6.92 Å². The van der Waals surface area contributed by atoms with Gasteiger partial charge in [0.25, 0.3) is 5.91 Å². The zero-order valence-corrected chi connectivity index (χ0v) is 17.6. The molecule has 0 saturated carbocycles. The number of hydrogen-bond donors (Lipinski definition) is 1. The molecule has 0 saturated heterocycles. The number of nitrogens with zero attached hydrogens (tertiary/aromatic N) is 3. The molecule has 31 heavy (non-hydrogen) atoms. The van der Waals surface area contributed by atoms with Crippen molar-refractivity contribution in [1.29, 1.82) is 0 Å². The average Bonchev–Trinajstić information content (AvgIpc) is 3.51. The van der Waals surface area contributed by atoms with Gasteiger partial charge < -0.3 is 14.5 Å². The average molecular weight is 430 g/mol. The van der Waals surface area contributed by atoms with E-state index in [4.69, 9.17) is 9.15 Å². The highest BCUT2D eigenvalue weighted by atomic mass is 32.1. The van der Waals surface area contributed by atoms with Gasteiger partial charge in [0.15, 0.2) is 5.76 Å². The fourth-order valence-electron chi connectivity index (χ4n) is 3.33. The lowest BCUT2D eigenvalue weighted by Gasteiger charge is -2.09. The lowest BCUT2D eigenvalue weighted by Crippen LogP contribution is -2.16. The monoisotopic (exact) mass is 430 g/mol. The molecule has 0 radical (unpaired) electrons. The molecule has 5 aromatic rings. The summed E-state index contributed by atoms with van der Waals surface area (Å²) in [7, 11) is 1.54. The maximum absolute atomic E-state index is 12.8. The first kappa shape index (κ1) is 19.1. The van der Waals surface area contributed by atoms with Crippen molar-refractivity contribution in [3.05, 3.63) is 77.3 Å². The van der Waals surface area contributed by atoms with Crippen LogP contribution in [0.2, 0.25) is 0 Å². The van der Waals surface area contributed by atoms with Crippen molar-refractivity contribution in [1.82, 2.24) is 14.8 Å². The minimum atomic E-state index is -0.285. The van der Waals surface area contributed by atoms with Gasteiger partial charge in [-0.1, -0.05) is 30.3 Å². The summed E-state index contributed by atoms with van der Waals surface area (Å²) in [4.78, 5) is 17.5. The summed E-state index contributed by atoms with van der Waals surface area (Å²) in [6.45, 7) is 1.86. The number of carbonyl (C=O) groups is 1.